The number of carbonyl (C=O) groups is 1. The molecule has 0 bridgehead atoms. The predicted octanol–water partition coefficient (Wildman–Crippen LogP) is 5.06. The zero-order valence-electron chi connectivity index (χ0n) is 24.6. The van der Waals surface area contributed by atoms with Crippen molar-refractivity contribution in [3.05, 3.63) is 63.5 Å². The number of piperidine rings is 1. The highest BCUT2D eigenvalue weighted by Gasteiger charge is 2.62. The number of rotatable bonds is 12. The van der Waals surface area contributed by atoms with Gasteiger partial charge in [0.1, 0.15) is 12.4 Å². The van der Waals surface area contributed by atoms with E-state index in [-0.39, 0.29) is 12.5 Å². The van der Waals surface area contributed by atoms with Gasteiger partial charge in [-0.15, -0.1) is 11.3 Å². The minimum Gasteiger partial charge on any atom is -0.488 e. The molecule has 42 heavy (non-hydrogen) atoms. The molecule has 224 valence electrons. The number of carboxylic acid groups (broad SMARTS) is 1. The molecule has 3 aliphatic rings. The van der Waals surface area contributed by atoms with Crippen molar-refractivity contribution in [2.75, 3.05) is 50.9 Å². The van der Waals surface area contributed by atoms with Crippen LogP contribution >= 0.6 is 11.3 Å². The number of para-hydroxylation sites is 1. The van der Waals surface area contributed by atoms with E-state index in [2.05, 4.69) is 59.4 Å². The second kappa shape index (κ2) is 12.3. The number of fused-ring (bicyclic) bond motifs is 2. The number of aliphatic carboxylic acids is 1. The van der Waals surface area contributed by atoms with Crippen molar-refractivity contribution < 1.29 is 24.5 Å². The molecule has 2 aliphatic heterocycles. The van der Waals surface area contributed by atoms with Gasteiger partial charge in [0, 0.05) is 50.3 Å². The van der Waals surface area contributed by atoms with E-state index in [0.29, 0.717) is 26.2 Å². The minimum absolute atomic E-state index is 0.0798. The van der Waals surface area contributed by atoms with Gasteiger partial charge in [0.05, 0.1) is 24.3 Å². The third-order valence-electron chi connectivity index (χ3n) is 9.26. The Balaban J connectivity index is 1.11. The zero-order valence-corrected chi connectivity index (χ0v) is 25.4. The first kappa shape index (κ1) is 29.1. The molecule has 1 aromatic heterocycles. The van der Waals surface area contributed by atoms with Gasteiger partial charge < -0.3 is 24.6 Å². The van der Waals surface area contributed by atoms with Crippen LogP contribution in [-0.2, 0) is 29.1 Å². The molecule has 2 fully saturated rings. The summed E-state index contributed by atoms with van der Waals surface area (Å²) >= 11 is 1.62. The number of aryl methyl sites for hydroxylation is 2. The highest BCUT2D eigenvalue weighted by atomic mass is 32.1. The van der Waals surface area contributed by atoms with Crippen LogP contribution in [0.5, 0.6) is 5.75 Å². The van der Waals surface area contributed by atoms with Crippen molar-refractivity contribution >= 4 is 22.4 Å². The van der Waals surface area contributed by atoms with Gasteiger partial charge in [-0.25, -0.2) is 4.98 Å². The van der Waals surface area contributed by atoms with E-state index in [0.717, 1.165) is 79.7 Å². The van der Waals surface area contributed by atoms with Gasteiger partial charge in [-0.05, 0) is 79.3 Å². The molecule has 3 aromatic rings. The number of ether oxygens (including phenoxy) is 2. The molecule has 2 N–H and O–H groups in total. The van der Waals surface area contributed by atoms with Gasteiger partial charge in [0.2, 0.25) is 0 Å². The molecule has 2 aromatic carbocycles. The van der Waals surface area contributed by atoms with Crippen LogP contribution in [0.25, 0.3) is 11.3 Å². The molecular formula is C33H41N3O5S. The Morgan fingerprint density at radius 2 is 2.07 bits per heavy atom. The monoisotopic (exact) mass is 591 g/mol. The standard InChI is InChI=1S/C33H41N3O5S/c1-22-5-3-6-27(29-21-42-32(34-29)36-11-8-33(31(38)39)17-26(33)18-36)30(22)41-20-24-15-23(2)28-19-35(10-7-25(28)16-24)9-4-13-40-14-12-37/h3,5-6,15-16,21,26,37H,4,7-14,17-20H2,1-2H3,(H,38,39)/t26-,33+/m0/s1. The lowest BCUT2D eigenvalue weighted by atomic mass is 9.93. The van der Waals surface area contributed by atoms with Gasteiger partial charge in [-0.2, -0.15) is 0 Å². The Hall–Kier alpha value is -2.98. The summed E-state index contributed by atoms with van der Waals surface area (Å²) in [5.41, 5.74) is 7.83. The maximum Gasteiger partial charge on any atom is 0.310 e. The van der Waals surface area contributed by atoms with Gasteiger partial charge in [0.25, 0.3) is 0 Å². The van der Waals surface area contributed by atoms with E-state index in [9.17, 15) is 9.90 Å². The van der Waals surface area contributed by atoms with Crippen molar-refractivity contribution in [1.29, 1.82) is 0 Å². The molecule has 1 saturated heterocycles. The van der Waals surface area contributed by atoms with Gasteiger partial charge in [-0.1, -0.05) is 24.3 Å². The topological polar surface area (TPSA) is 95.4 Å². The smallest absolute Gasteiger partial charge is 0.310 e. The molecule has 6 rings (SSSR count). The number of hydrogen-bond donors (Lipinski definition) is 2. The van der Waals surface area contributed by atoms with Crippen LogP contribution < -0.4 is 9.64 Å². The number of anilines is 1. The summed E-state index contributed by atoms with van der Waals surface area (Å²) in [5, 5.41) is 21.5. The first-order valence-corrected chi connectivity index (χ1v) is 15.9. The summed E-state index contributed by atoms with van der Waals surface area (Å²) in [6.07, 6.45) is 3.49. The van der Waals surface area contributed by atoms with Crippen LogP contribution in [0.3, 0.4) is 0 Å². The van der Waals surface area contributed by atoms with Crippen LogP contribution in [0.2, 0.25) is 0 Å². The number of aliphatic hydroxyl groups excluding tert-OH is 1. The number of nitrogens with zero attached hydrogens (tertiary/aromatic N) is 3. The van der Waals surface area contributed by atoms with Crippen molar-refractivity contribution in [1.82, 2.24) is 9.88 Å². The molecule has 0 amide bonds. The van der Waals surface area contributed by atoms with E-state index in [1.165, 1.54) is 22.3 Å². The molecule has 3 heterocycles. The largest absolute Gasteiger partial charge is 0.488 e. The highest BCUT2D eigenvalue weighted by Crippen LogP contribution is 2.58. The number of aromatic nitrogens is 1. The summed E-state index contributed by atoms with van der Waals surface area (Å²) in [4.78, 5) is 21.4. The van der Waals surface area contributed by atoms with E-state index in [1.807, 2.05) is 0 Å². The first-order chi connectivity index (χ1) is 20.4. The third kappa shape index (κ3) is 5.93. The highest BCUT2D eigenvalue weighted by molar-refractivity contribution is 7.14. The zero-order chi connectivity index (χ0) is 29.3. The summed E-state index contributed by atoms with van der Waals surface area (Å²) < 4.78 is 11.9. The Kier molecular flexibility index (Phi) is 8.54. The van der Waals surface area contributed by atoms with Gasteiger partial charge >= 0.3 is 5.97 Å². The lowest BCUT2D eigenvalue weighted by Gasteiger charge is -2.30. The number of hydrogen-bond acceptors (Lipinski definition) is 8. The normalized spacial score (nSPS) is 21.6. The molecule has 2 atom stereocenters. The predicted molar refractivity (Wildman–Crippen MR) is 164 cm³/mol. The van der Waals surface area contributed by atoms with Crippen LogP contribution in [0.15, 0.2) is 35.7 Å². The molecule has 1 saturated carbocycles. The maximum atomic E-state index is 11.7. The second-order valence-electron chi connectivity index (χ2n) is 12.1. The SMILES string of the molecule is Cc1cc(COc2c(C)cccc2-c2csc(N3CC[C@@]4(C(=O)O)C[C@H]4C3)n2)cc2c1CN(CCCOCCO)CC2. The molecule has 1 aliphatic carbocycles. The van der Waals surface area contributed by atoms with Crippen molar-refractivity contribution in [2.24, 2.45) is 11.3 Å². The Labute approximate surface area is 251 Å². The number of carboxylic acids is 1. The van der Waals surface area contributed by atoms with Gasteiger partial charge in [0.15, 0.2) is 5.13 Å². The average Bonchev–Trinajstić information content (AvgIpc) is 3.54. The number of benzene rings is 2. The van der Waals surface area contributed by atoms with Gasteiger partial charge in [-0.3, -0.25) is 9.69 Å². The van der Waals surface area contributed by atoms with Crippen LogP contribution in [-0.4, -0.2) is 72.1 Å². The van der Waals surface area contributed by atoms with Crippen LogP contribution in [0.4, 0.5) is 5.13 Å². The summed E-state index contributed by atoms with van der Waals surface area (Å²) in [6, 6.07) is 10.8. The fraction of sp³-hybridized carbons (Fsp3) is 0.515. The quantitative estimate of drug-likeness (QED) is 0.282. The minimum atomic E-state index is -0.638. The van der Waals surface area contributed by atoms with E-state index in [1.54, 1.807) is 11.3 Å². The lowest BCUT2D eigenvalue weighted by molar-refractivity contribution is -0.144. The molecule has 9 heteroatoms. The fourth-order valence-corrected chi connectivity index (χ4v) is 7.59. The molecule has 8 nitrogen and oxygen atoms in total. The average molecular weight is 592 g/mol. The fourth-order valence-electron chi connectivity index (χ4n) is 6.73. The van der Waals surface area contributed by atoms with Crippen molar-refractivity contribution in [2.45, 2.75) is 52.7 Å². The molecule has 0 unspecified atom stereocenters. The van der Waals surface area contributed by atoms with Crippen molar-refractivity contribution in [3.63, 3.8) is 0 Å². The first-order valence-electron chi connectivity index (χ1n) is 15.1. The van der Waals surface area contributed by atoms with Crippen LogP contribution in [0, 0.1) is 25.2 Å². The second-order valence-corrected chi connectivity index (χ2v) is 12.9. The van der Waals surface area contributed by atoms with E-state index < -0.39 is 11.4 Å². The molecule has 0 radical (unpaired) electrons. The summed E-state index contributed by atoms with van der Waals surface area (Å²) in [6.45, 7) is 10.5. The van der Waals surface area contributed by atoms with E-state index >= 15 is 0 Å². The molecular weight excluding hydrogens is 550 g/mol. The van der Waals surface area contributed by atoms with E-state index in [4.69, 9.17) is 19.6 Å². The van der Waals surface area contributed by atoms with Crippen LogP contribution in [0.1, 0.15) is 47.1 Å². The number of thiazole rings is 1. The van der Waals surface area contributed by atoms with Crippen molar-refractivity contribution in [3.8, 4) is 17.0 Å². The summed E-state index contributed by atoms with van der Waals surface area (Å²) in [7, 11) is 0. The summed E-state index contributed by atoms with van der Waals surface area (Å²) in [5.74, 6) is 0.459. The Morgan fingerprint density at radius 3 is 2.88 bits per heavy atom. The molecule has 0 spiro atoms. The Bertz CT molecular complexity index is 1440. The number of aliphatic hydroxyl groups is 1. The Morgan fingerprint density at radius 1 is 1.19 bits per heavy atom. The lowest BCUT2D eigenvalue weighted by Crippen LogP contribution is -2.37. The maximum absolute atomic E-state index is 11.7. The third-order valence-corrected chi connectivity index (χ3v) is 10.2.